The summed E-state index contributed by atoms with van der Waals surface area (Å²) < 4.78 is 11.3. The monoisotopic (exact) mass is 372 g/mol. The third-order valence-electron chi connectivity index (χ3n) is 3.48. The second-order valence-electron chi connectivity index (χ2n) is 5.46. The van der Waals surface area contributed by atoms with Gasteiger partial charge in [0.2, 0.25) is 0 Å². The van der Waals surface area contributed by atoms with Crippen LogP contribution < -0.4 is 9.47 Å². The number of hydrogen-bond acceptors (Lipinski definition) is 3. The van der Waals surface area contributed by atoms with Crippen LogP contribution in [0.1, 0.15) is 6.92 Å². The van der Waals surface area contributed by atoms with Crippen molar-refractivity contribution >= 4 is 39.9 Å². The normalized spacial score (nSPS) is 10.5. The highest BCUT2D eigenvalue weighted by molar-refractivity contribution is 6.34. The third kappa shape index (κ3) is 3.78. The standard InChI is InChI=1S/C20H14Cl2O3/c1-12(2)20(23)25-19-15-9-8-13(21)10-16(15)18(11-17(19)22)24-14-6-4-3-5-7-14/h3-11H,1H2,2H3. The Balaban J connectivity index is 2.15. The molecule has 0 aliphatic rings. The van der Waals surface area contributed by atoms with E-state index in [1.54, 1.807) is 31.2 Å². The Morgan fingerprint density at radius 2 is 1.72 bits per heavy atom. The molecule has 0 saturated heterocycles. The van der Waals surface area contributed by atoms with E-state index in [4.69, 9.17) is 32.7 Å². The van der Waals surface area contributed by atoms with Gasteiger partial charge < -0.3 is 9.47 Å². The molecule has 0 N–H and O–H groups in total. The van der Waals surface area contributed by atoms with Crippen LogP contribution in [0.15, 0.2) is 66.7 Å². The Bertz CT molecular complexity index is 966. The molecule has 25 heavy (non-hydrogen) atoms. The minimum atomic E-state index is -0.546. The van der Waals surface area contributed by atoms with Crippen LogP contribution in [0.5, 0.6) is 17.2 Å². The topological polar surface area (TPSA) is 35.5 Å². The Morgan fingerprint density at radius 3 is 2.40 bits per heavy atom. The number of fused-ring (bicyclic) bond motifs is 1. The predicted octanol–water partition coefficient (Wildman–Crippen LogP) is 6.42. The first-order chi connectivity index (χ1) is 12.0. The van der Waals surface area contributed by atoms with Crippen molar-refractivity contribution in [3.8, 4) is 17.2 Å². The summed E-state index contributed by atoms with van der Waals surface area (Å²) >= 11 is 12.5. The lowest BCUT2D eigenvalue weighted by atomic mass is 10.1. The van der Waals surface area contributed by atoms with Crippen molar-refractivity contribution in [2.75, 3.05) is 0 Å². The zero-order valence-corrected chi connectivity index (χ0v) is 14.9. The number of ether oxygens (including phenoxy) is 2. The molecule has 0 unspecified atom stereocenters. The average Bonchev–Trinajstić information content (AvgIpc) is 2.59. The summed E-state index contributed by atoms with van der Waals surface area (Å²) in [6.45, 7) is 5.16. The lowest BCUT2D eigenvalue weighted by molar-refractivity contribution is -0.129. The lowest BCUT2D eigenvalue weighted by Gasteiger charge is -2.14. The summed E-state index contributed by atoms with van der Waals surface area (Å²) in [5.74, 6) is 0.881. The van der Waals surface area contributed by atoms with Crippen LogP contribution >= 0.6 is 23.2 Å². The highest BCUT2D eigenvalue weighted by Gasteiger charge is 2.17. The molecule has 0 aromatic heterocycles. The smallest absolute Gasteiger partial charge is 0.338 e. The number of carbonyl (C=O) groups is 1. The van der Waals surface area contributed by atoms with Crippen LogP contribution in [-0.2, 0) is 4.79 Å². The zero-order valence-electron chi connectivity index (χ0n) is 13.4. The number of rotatable bonds is 4. The van der Waals surface area contributed by atoms with Gasteiger partial charge in [-0.05, 0) is 37.3 Å². The number of hydrogen-bond donors (Lipinski definition) is 0. The van der Waals surface area contributed by atoms with Gasteiger partial charge in [0.1, 0.15) is 11.5 Å². The number of halogens is 2. The second-order valence-corrected chi connectivity index (χ2v) is 6.30. The Labute approximate surface area is 155 Å². The van der Waals surface area contributed by atoms with Gasteiger partial charge in [-0.2, -0.15) is 0 Å². The van der Waals surface area contributed by atoms with Gasteiger partial charge >= 0.3 is 5.97 Å². The minimum absolute atomic E-state index is 0.252. The molecule has 0 radical (unpaired) electrons. The quantitative estimate of drug-likeness (QED) is 0.301. The minimum Gasteiger partial charge on any atom is -0.457 e. The maximum Gasteiger partial charge on any atom is 0.338 e. The molecule has 126 valence electrons. The van der Waals surface area contributed by atoms with E-state index < -0.39 is 5.97 Å². The van der Waals surface area contributed by atoms with Crippen LogP contribution in [-0.4, -0.2) is 5.97 Å². The molecule has 3 aromatic carbocycles. The van der Waals surface area contributed by atoms with Crippen molar-refractivity contribution in [1.29, 1.82) is 0 Å². The average molecular weight is 373 g/mol. The third-order valence-corrected chi connectivity index (χ3v) is 4.00. The summed E-state index contributed by atoms with van der Waals surface area (Å²) in [5.41, 5.74) is 0.280. The van der Waals surface area contributed by atoms with Crippen LogP contribution in [0.2, 0.25) is 10.0 Å². The van der Waals surface area contributed by atoms with Crippen LogP contribution in [0.4, 0.5) is 0 Å². The molecule has 0 heterocycles. The summed E-state index contributed by atoms with van der Waals surface area (Å²) in [4.78, 5) is 11.9. The molecule has 0 fully saturated rings. The van der Waals surface area contributed by atoms with Crippen molar-refractivity contribution in [3.05, 3.63) is 76.8 Å². The first kappa shape index (κ1) is 17.3. The summed E-state index contributed by atoms with van der Waals surface area (Å²) in [5, 5.41) is 2.10. The zero-order chi connectivity index (χ0) is 18.0. The highest BCUT2D eigenvalue weighted by atomic mass is 35.5. The SMILES string of the molecule is C=C(C)C(=O)Oc1c(Cl)cc(Oc2ccccc2)c2cc(Cl)ccc12. The van der Waals surface area contributed by atoms with Gasteiger partial charge in [0.25, 0.3) is 0 Å². The first-order valence-electron chi connectivity index (χ1n) is 7.48. The fraction of sp³-hybridized carbons (Fsp3) is 0.0500. The van der Waals surface area contributed by atoms with Gasteiger partial charge in [-0.3, -0.25) is 0 Å². The van der Waals surface area contributed by atoms with E-state index in [0.29, 0.717) is 27.3 Å². The Morgan fingerprint density at radius 1 is 1.00 bits per heavy atom. The maximum atomic E-state index is 11.9. The van der Waals surface area contributed by atoms with Gasteiger partial charge in [0.05, 0.1) is 5.02 Å². The Hall–Kier alpha value is -2.49. The molecule has 3 rings (SSSR count). The van der Waals surface area contributed by atoms with Crippen molar-refractivity contribution < 1.29 is 14.3 Å². The van der Waals surface area contributed by atoms with Crippen molar-refractivity contribution in [2.45, 2.75) is 6.92 Å². The van der Waals surface area contributed by atoms with Gasteiger partial charge in [-0.15, -0.1) is 0 Å². The molecule has 3 aromatic rings. The highest BCUT2D eigenvalue weighted by Crippen LogP contribution is 2.42. The fourth-order valence-corrected chi connectivity index (χ4v) is 2.70. The van der Waals surface area contributed by atoms with E-state index in [2.05, 4.69) is 6.58 Å². The molecular formula is C20H14Cl2O3. The van der Waals surface area contributed by atoms with Gasteiger partial charge in [-0.1, -0.05) is 48.0 Å². The Kier molecular flexibility index (Phi) is 4.98. The van der Waals surface area contributed by atoms with Crippen LogP contribution in [0.25, 0.3) is 10.8 Å². The second kappa shape index (κ2) is 7.18. The predicted molar refractivity (Wildman–Crippen MR) is 101 cm³/mol. The van der Waals surface area contributed by atoms with E-state index >= 15 is 0 Å². The summed E-state index contributed by atoms with van der Waals surface area (Å²) in [6, 6.07) is 16.1. The maximum absolute atomic E-state index is 11.9. The lowest BCUT2D eigenvalue weighted by Crippen LogP contribution is -2.09. The molecule has 5 heteroatoms. The summed E-state index contributed by atoms with van der Waals surface area (Å²) in [6.07, 6.45) is 0. The molecule has 0 saturated carbocycles. The van der Waals surface area contributed by atoms with Crippen LogP contribution in [0, 0.1) is 0 Å². The summed E-state index contributed by atoms with van der Waals surface area (Å²) in [7, 11) is 0. The van der Waals surface area contributed by atoms with Crippen molar-refractivity contribution in [1.82, 2.24) is 0 Å². The van der Waals surface area contributed by atoms with Gasteiger partial charge in [-0.25, -0.2) is 4.79 Å². The molecule has 0 aliphatic heterocycles. The van der Waals surface area contributed by atoms with Crippen LogP contribution in [0.3, 0.4) is 0 Å². The van der Waals surface area contributed by atoms with Crippen molar-refractivity contribution in [3.63, 3.8) is 0 Å². The largest absolute Gasteiger partial charge is 0.457 e. The number of carbonyl (C=O) groups excluding carboxylic acids is 1. The number of benzene rings is 3. The van der Waals surface area contributed by atoms with E-state index in [1.165, 1.54) is 0 Å². The van der Waals surface area contributed by atoms with E-state index in [1.807, 2.05) is 30.3 Å². The molecule has 0 amide bonds. The molecule has 3 nitrogen and oxygen atoms in total. The first-order valence-corrected chi connectivity index (χ1v) is 8.23. The fourth-order valence-electron chi connectivity index (χ4n) is 2.29. The molecule has 0 spiro atoms. The number of para-hydroxylation sites is 1. The molecule has 0 aliphatic carbocycles. The van der Waals surface area contributed by atoms with Crippen molar-refractivity contribution in [2.24, 2.45) is 0 Å². The van der Waals surface area contributed by atoms with Gasteiger partial charge in [0.15, 0.2) is 5.75 Å². The molecular weight excluding hydrogens is 359 g/mol. The molecule has 0 atom stereocenters. The van der Waals surface area contributed by atoms with Gasteiger partial charge in [0, 0.05) is 27.4 Å². The van der Waals surface area contributed by atoms with E-state index in [-0.39, 0.29) is 16.3 Å². The number of esters is 1. The van der Waals surface area contributed by atoms with E-state index in [0.717, 1.165) is 0 Å². The van der Waals surface area contributed by atoms with E-state index in [9.17, 15) is 4.79 Å². The molecule has 0 bridgehead atoms.